The maximum Gasteiger partial charge on any atom is 0.117 e. The van der Waals surface area contributed by atoms with Crippen LogP contribution in [0, 0.1) is 0 Å². The first-order valence-electron chi connectivity index (χ1n) is 2.90. The van der Waals surface area contributed by atoms with Crippen molar-refractivity contribution in [2.45, 2.75) is 0 Å². The zero-order chi connectivity index (χ0) is 8.27. The Morgan fingerprint density at radius 3 is 2.73 bits per heavy atom. The number of hydrogen-bond acceptors (Lipinski definition) is 3. The summed E-state index contributed by atoms with van der Waals surface area (Å²) < 4.78 is 0. The SMILES string of the molecule is O/N=C\c1ccc(O)cc1Cl. The number of rotatable bonds is 1. The summed E-state index contributed by atoms with van der Waals surface area (Å²) in [7, 11) is 0. The number of oxime groups is 1. The van der Waals surface area contributed by atoms with Crippen LogP contribution in [0.5, 0.6) is 5.75 Å². The molecule has 11 heavy (non-hydrogen) atoms. The van der Waals surface area contributed by atoms with Crippen LogP contribution in [0.2, 0.25) is 5.02 Å². The Bertz CT molecular complexity index is 286. The van der Waals surface area contributed by atoms with Gasteiger partial charge in [-0.15, -0.1) is 0 Å². The van der Waals surface area contributed by atoms with Crippen LogP contribution in [-0.4, -0.2) is 16.5 Å². The van der Waals surface area contributed by atoms with Gasteiger partial charge in [-0.1, -0.05) is 16.8 Å². The van der Waals surface area contributed by atoms with Crippen molar-refractivity contribution in [3.8, 4) is 5.75 Å². The van der Waals surface area contributed by atoms with Crippen molar-refractivity contribution in [3.63, 3.8) is 0 Å². The molecule has 4 heteroatoms. The molecule has 3 nitrogen and oxygen atoms in total. The first-order valence-corrected chi connectivity index (χ1v) is 3.28. The van der Waals surface area contributed by atoms with E-state index in [0.717, 1.165) is 0 Å². The molecule has 1 aromatic rings. The van der Waals surface area contributed by atoms with Crippen molar-refractivity contribution in [2.24, 2.45) is 5.16 Å². The largest absolute Gasteiger partial charge is 0.508 e. The molecule has 0 bridgehead atoms. The highest BCUT2D eigenvalue weighted by Gasteiger charge is 1.97. The molecular formula is C7H6ClNO2. The van der Waals surface area contributed by atoms with Crippen molar-refractivity contribution < 1.29 is 10.3 Å². The van der Waals surface area contributed by atoms with E-state index in [2.05, 4.69) is 5.16 Å². The number of halogens is 1. The van der Waals surface area contributed by atoms with Crippen LogP contribution in [0.1, 0.15) is 5.56 Å². The number of phenols is 1. The minimum atomic E-state index is 0.0880. The Kier molecular flexibility index (Phi) is 2.33. The fraction of sp³-hybridized carbons (Fsp3) is 0. The number of hydrogen-bond donors (Lipinski definition) is 2. The highest BCUT2D eigenvalue weighted by molar-refractivity contribution is 6.33. The molecule has 0 spiro atoms. The van der Waals surface area contributed by atoms with E-state index in [1.807, 2.05) is 0 Å². The van der Waals surface area contributed by atoms with Gasteiger partial charge in [-0.05, 0) is 18.2 Å². The second-order valence-corrected chi connectivity index (χ2v) is 2.36. The summed E-state index contributed by atoms with van der Waals surface area (Å²) in [5, 5.41) is 20.2. The monoisotopic (exact) mass is 171 g/mol. The molecule has 1 rings (SSSR count). The van der Waals surface area contributed by atoms with Gasteiger partial charge in [0.2, 0.25) is 0 Å². The molecule has 0 heterocycles. The quantitative estimate of drug-likeness (QED) is 0.385. The Labute approximate surface area is 68.5 Å². The Balaban J connectivity index is 3.09. The average Bonchev–Trinajstić information content (AvgIpc) is 1.95. The van der Waals surface area contributed by atoms with Crippen molar-refractivity contribution >= 4 is 17.8 Å². The van der Waals surface area contributed by atoms with Crippen LogP contribution in [-0.2, 0) is 0 Å². The molecular weight excluding hydrogens is 166 g/mol. The highest BCUT2D eigenvalue weighted by Crippen LogP contribution is 2.19. The number of aromatic hydroxyl groups is 1. The lowest BCUT2D eigenvalue weighted by Gasteiger charge is -1.96. The molecule has 0 aliphatic carbocycles. The molecule has 0 radical (unpaired) electrons. The van der Waals surface area contributed by atoms with Crippen LogP contribution in [0.25, 0.3) is 0 Å². The molecule has 0 atom stereocenters. The zero-order valence-corrected chi connectivity index (χ0v) is 6.28. The number of benzene rings is 1. The predicted molar refractivity (Wildman–Crippen MR) is 42.5 cm³/mol. The fourth-order valence-corrected chi connectivity index (χ4v) is 0.907. The van der Waals surface area contributed by atoms with Crippen molar-refractivity contribution in [1.29, 1.82) is 0 Å². The molecule has 0 amide bonds. The van der Waals surface area contributed by atoms with Gasteiger partial charge in [-0.3, -0.25) is 0 Å². The van der Waals surface area contributed by atoms with Gasteiger partial charge in [-0.2, -0.15) is 0 Å². The summed E-state index contributed by atoms with van der Waals surface area (Å²) in [5.41, 5.74) is 0.562. The standard InChI is InChI=1S/C7H6ClNO2/c8-7-3-6(10)2-1-5(7)4-9-11/h1-4,10-11H/b9-4-. The third-order valence-corrected chi connectivity index (χ3v) is 1.51. The summed E-state index contributed by atoms with van der Waals surface area (Å²) in [6, 6.07) is 4.39. The summed E-state index contributed by atoms with van der Waals surface area (Å²) >= 11 is 5.65. The molecule has 0 aliphatic rings. The lowest BCUT2D eigenvalue weighted by Crippen LogP contribution is -1.81. The predicted octanol–water partition coefficient (Wildman–Crippen LogP) is 1.85. The molecule has 0 aliphatic heterocycles. The molecule has 0 saturated carbocycles. The van der Waals surface area contributed by atoms with E-state index >= 15 is 0 Å². The smallest absolute Gasteiger partial charge is 0.117 e. The lowest BCUT2D eigenvalue weighted by molar-refractivity contribution is 0.322. The van der Waals surface area contributed by atoms with E-state index in [1.165, 1.54) is 18.3 Å². The number of phenolic OH excluding ortho intramolecular Hbond substituents is 1. The van der Waals surface area contributed by atoms with Gasteiger partial charge in [0.25, 0.3) is 0 Å². The molecule has 0 saturated heterocycles. The molecule has 0 aromatic heterocycles. The van der Waals surface area contributed by atoms with Gasteiger partial charge in [0.05, 0.1) is 11.2 Å². The van der Waals surface area contributed by atoms with Crippen LogP contribution in [0.3, 0.4) is 0 Å². The third-order valence-electron chi connectivity index (χ3n) is 1.18. The Hall–Kier alpha value is -1.22. The minimum Gasteiger partial charge on any atom is -0.508 e. The Morgan fingerprint density at radius 2 is 2.18 bits per heavy atom. The Morgan fingerprint density at radius 1 is 1.45 bits per heavy atom. The van der Waals surface area contributed by atoms with E-state index in [0.29, 0.717) is 10.6 Å². The van der Waals surface area contributed by atoms with E-state index < -0.39 is 0 Å². The summed E-state index contributed by atoms with van der Waals surface area (Å²) in [6.07, 6.45) is 1.20. The van der Waals surface area contributed by atoms with Gasteiger partial charge in [0, 0.05) is 5.56 Å². The van der Waals surface area contributed by atoms with Crippen molar-refractivity contribution in [3.05, 3.63) is 28.8 Å². The van der Waals surface area contributed by atoms with E-state index in [1.54, 1.807) is 6.07 Å². The van der Waals surface area contributed by atoms with E-state index in [-0.39, 0.29) is 5.75 Å². The first kappa shape index (κ1) is 7.88. The van der Waals surface area contributed by atoms with Gasteiger partial charge < -0.3 is 10.3 Å². The van der Waals surface area contributed by atoms with Crippen LogP contribution in [0.4, 0.5) is 0 Å². The van der Waals surface area contributed by atoms with Gasteiger partial charge in [-0.25, -0.2) is 0 Å². The topological polar surface area (TPSA) is 52.8 Å². The zero-order valence-electron chi connectivity index (χ0n) is 5.53. The van der Waals surface area contributed by atoms with Gasteiger partial charge in [0.15, 0.2) is 0 Å². The molecule has 1 aromatic carbocycles. The number of nitrogens with zero attached hydrogens (tertiary/aromatic N) is 1. The first-order chi connectivity index (χ1) is 5.24. The van der Waals surface area contributed by atoms with Crippen molar-refractivity contribution in [1.82, 2.24) is 0 Å². The minimum absolute atomic E-state index is 0.0880. The maximum atomic E-state index is 8.91. The maximum absolute atomic E-state index is 8.91. The third kappa shape index (κ3) is 1.85. The van der Waals surface area contributed by atoms with Crippen LogP contribution in [0.15, 0.2) is 23.4 Å². The molecule has 58 valence electrons. The molecule has 2 N–H and O–H groups in total. The highest BCUT2D eigenvalue weighted by atomic mass is 35.5. The van der Waals surface area contributed by atoms with E-state index in [4.69, 9.17) is 21.9 Å². The second-order valence-electron chi connectivity index (χ2n) is 1.95. The van der Waals surface area contributed by atoms with Crippen molar-refractivity contribution in [2.75, 3.05) is 0 Å². The average molecular weight is 172 g/mol. The molecule has 0 unspecified atom stereocenters. The summed E-state index contributed by atoms with van der Waals surface area (Å²) in [5.74, 6) is 0.0880. The summed E-state index contributed by atoms with van der Waals surface area (Å²) in [6.45, 7) is 0. The summed E-state index contributed by atoms with van der Waals surface area (Å²) in [4.78, 5) is 0. The van der Waals surface area contributed by atoms with Crippen LogP contribution >= 0.6 is 11.6 Å². The van der Waals surface area contributed by atoms with E-state index in [9.17, 15) is 0 Å². The van der Waals surface area contributed by atoms with Gasteiger partial charge in [0.1, 0.15) is 5.75 Å². The second kappa shape index (κ2) is 3.25. The van der Waals surface area contributed by atoms with Crippen LogP contribution < -0.4 is 0 Å². The molecule has 0 fully saturated rings. The van der Waals surface area contributed by atoms with Gasteiger partial charge >= 0.3 is 0 Å². The normalized spacial score (nSPS) is 10.6. The fourth-order valence-electron chi connectivity index (χ4n) is 0.683. The lowest BCUT2D eigenvalue weighted by atomic mass is 10.2.